The Balaban J connectivity index is 1.54. The second kappa shape index (κ2) is 6.35. The molecule has 1 aromatic carbocycles. The molecular formula is C18H20F2N4O2. The highest BCUT2D eigenvalue weighted by molar-refractivity contribution is 5.82. The van der Waals surface area contributed by atoms with Gasteiger partial charge in [-0.05, 0) is 6.07 Å². The topological polar surface area (TPSA) is 50.6 Å². The van der Waals surface area contributed by atoms with Crippen LogP contribution in [0, 0.1) is 0 Å². The number of fused-ring (bicyclic) bond motifs is 1. The molecular weight excluding hydrogens is 342 g/mol. The lowest BCUT2D eigenvalue weighted by molar-refractivity contribution is -0.170. The summed E-state index contributed by atoms with van der Waals surface area (Å²) in [7, 11) is 1.63. The van der Waals surface area contributed by atoms with E-state index in [0.29, 0.717) is 19.6 Å². The fourth-order valence-corrected chi connectivity index (χ4v) is 3.63. The molecule has 8 heteroatoms. The number of benzene rings is 1. The lowest BCUT2D eigenvalue weighted by Gasteiger charge is -2.42. The number of nitrogens with zero attached hydrogens (tertiary/aromatic N) is 4. The predicted molar refractivity (Wildman–Crippen MR) is 89.9 cm³/mol. The van der Waals surface area contributed by atoms with E-state index >= 15 is 0 Å². The number of imidazole rings is 1. The van der Waals surface area contributed by atoms with Crippen molar-refractivity contribution in [1.29, 1.82) is 0 Å². The monoisotopic (exact) mass is 362 g/mol. The summed E-state index contributed by atoms with van der Waals surface area (Å²) >= 11 is 0. The molecule has 1 amide bonds. The van der Waals surface area contributed by atoms with Crippen LogP contribution in [0.4, 0.5) is 8.78 Å². The van der Waals surface area contributed by atoms with Crippen LogP contribution in [-0.4, -0.2) is 57.9 Å². The highest BCUT2D eigenvalue weighted by Gasteiger charge is 2.48. The molecule has 4 rings (SSSR count). The average molecular weight is 362 g/mol. The Hall–Kier alpha value is -2.48. The summed E-state index contributed by atoms with van der Waals surface area (Å²) in [6.45, 7) is 0.688. The van der Waals surface area contributed by atoms with Crippen molar-refractivity contribution in [2.24, 2.45) is 0 Å². The number of para-hydroxylation sites is 1. The van der Waals surface area contributed by atoms with Crippen molar-refractivity contribution in [3.05, 3.63) is 48.0 Å². The van der Waals surface area contributed by atoms with Crippen LogP contribution >= 0.6 is 0 Å². The second-order valence-corrected chi connectivity index (χ2v) is 6.84. The number of likely N-dealkylation sites (tertiary alicyclic amines) is 1. The van der Waals surface area contributed by atoms with Crippen LogP contribution < -0.4 is 4.74 Å². The number of aromatic nitrogens is 2. The van der Waals surface area contributed by atoms with E-state index < -0.39 is 25.1 Å². The SMILES string of the molecule is COc1ccccc1CN1Cc2cncn2C(C(=O)N2CC(F)(F)C2)C1. The van der Waals surface area contributed by atoms with Crippen LogP contribution in [0.25, 0.3) is 0 Å². The molecule has 0 spiro atoms. The Bertz CT molecular complexity index is 815. The quantitative estimate of drug-likeness (QED) is 0.834. The van der Waals surface area contributed by atoms with E-state index in [2.05, 4.69) is 9.88 Å². The minimum atomic E-state index is -2.76. The minimum Gasteiger partial charge on any atom is -0.496 e. The van der Waals surface area contributed by atoms with E-state index in [-0.39, 0.29) is 5.91 Å². The molecule has 3 heterocycles. The van der Waals surface area contributed by atoms with Crippen molar-refractivity contribution < 1.29 is 18.3 Å². The van der Waals surface area contributed by atoms with Gasteiger partial charge in [0, 0.05) is 31.4 Å². The van der Waals surface area contributed by atoms with E-state index in [4.69, 9.17) is 4.74 Å². The highest BCUT2D eigenvalue weighted by atomic mass is 19.3. The van der Waals surface area contributed by atoms with Crippen LogP contribution in [0.1, 0.15) is 17.3 Å². The number of halogens is 2. The molecule has 0 bridgehead atoms. The van der Waals surface area contributed by atoms with Crippen molar-refractivity contribution in [1.82, 2.24) is 19.4 Å². The first-order valence-electron chi connectivity index (χ1n) is 8.48. The van der Waals surface area contributed by atoms with E-state index in [9.17, 15) is 13.6 Å². The molecule has 2 aliphatic rings. The smallest absolute Gasteiger partial charge is 0.282 e. The summed E-state index contributed by atoms with van der Waals surface area (Å²) in [4.78, 5) is 20.2. The summed E-state index contributed by atoms with van der Waals surface area (Å²) < 4.78 is 33.5. The number of hydrogen-bond acceptors (Lipinski definition) is 4. The van der Waals surface area contributed by atoms with Crippen LogP contribution in [-0.2, 0) is 17.9 Å². The molecule has 0 aliphatic carbocycles. The van der Waals surface area contributed by atoms with Crippen LogP contribution in [0.2, 0.25) is 0 Å². The van der Waals surface area contributed by atoms with Crippen LogP contribution in [0.15, 0.2) is 36.8 Å². The molecule has 26 heavy (non-hydrogen) atoms. The third-order valence-electron chi connectivity index (χ3n) is 4.93. The molecule has 1 saturated heterocycles. The van der Waals surface area contributed by atoms with E-state index in [0.717, 1.165) is 17.0 Å². The molecule has 138 valence electrons. The number of amides is 1. The second-order valence-electron chi connectivity index (χ2n) is 6.84. The van der Waals surface area contributed by atoms with Gasteiger partial charge in [-0.15, -0.1) is 0 Å². The molecule has 0 saturated carbocycles. The zero-order valence-electron chi connectivity index (χ0n) is 14.4. The van der Waals surface area contributed by atoms with Gasteiger partial charge in [-0.25, -0.2) is 13.8 Å². The van der Waals surface area contributed by atoms with Gasteiger partial charge in [-0.1, -0.05) is 18.2 Å². The maximum Gasteiger partial charge on any atom is 0.282 e. The number of methoxy groups -OCH3 is 1. The van der Waals surface area contributed by atoms with Gasteiger partial charge in [0.2, 0.25) is 5.91 Å². The predicted octanol–water partition coefficient (Wildman–Crippen LogP) is 1.93. The van der Waals surface area contributed by atoms with Crippen LogP contribution in [0.3, 0.4) is 0 Å². The van der Waals surface area contributed by atoms with Gasteiger partial charge in [-0.2, -0.15) is 0 Å². The first-order chi connectivity index (χ1) is 12.5. The van der Waals surface area contributed by atoms with Gasteiger partial charge in [0.25, 0.3) is 5.92 Å². The molecule has 1 unspecified atom stereocenters. The fraction of sp³-hybridized carbons (Fsp3) is 0.444. The van der Waals surface area contributed by atoms with Crippen molar-refractivity contribution in [3.63, 3.8) is 0 Å². The van der Waals surface area contributed by atoms with Crippen molar-refractivity contribution in [2.45, 2.75) is 25.1 Å². The fourth-order valence-electron chi connectivity index (χ4n) is 3.63. The summed E-state index contributed by atoms with van der Waals surface area (Å²) in [5, 5.41) is 0. The Morgan fingerprint density at radius 2 is 2.12 bits per heavy atom. The number of hydrogen-bond donors (Lipinski definition) is 0. The summed E-state index contributed by atoms with van der Waals surface area (Å²) in [6.07, 6.45) is 3.33. The zero-order valence-corrected chi connectivity index (χ0v) is 14.4. The third kappa shape index (κ3) is 3.05. The average Bonchev–Trinajstić information content (AvgIpc) is 3.07. The molecule has 0 N–H and O–H groups in total. The number of carbonyl (C=O) groups is 1. The standard InChI is InChI=1S/C18H20F2N4O2/c1-26-16-5-3-2-4-13(16)7-22-8-14-6-21-12-24(14)15(9-22)17(25)23-10-18(19,20)11-23/h2-6,12,15H,7-11H2,1H3. The Morgan fingerprint density at radius 1 is 1.35 bits per heavy atom. The Kier molecular flexibility index (Phi) is 4.14. The lowest BCUT2D eigenvalue weighted by atomic mass is 10.1. The molecule has 2 aromatic rings. The van der Waals surface area contributed by atoms with Crippen molar-refractivity contribution in [2.75, 3.05) is 26.7 Å². The number of ether oxygens (including phenoxy) is 1. The molecule has 1 fully saturated rings. The maximum atomic E-state index is 13.2. The first kappa shape index (κ1) is 17.0. The Labute approximate surface area is 150 Å². The van der Waals surface area contributed by atoms with E-state index in [1.807, 2.05) is 24.3 Å². The molecule has 1 atom stereocenters. The van der Waals surface area contributed by atoms with Gasteiger partial charge < -0.3 is 14.2 Å². The summed E-state index contributed by atoms with van der Waals surface area (Å²) in [5.41, 5.74) is 1.92. The van der Waals surface area contributed by atoms with Gasteiger partial charge in [0.1, 0.15) is 11.8 Å². The molecule has 1 aromatic heterocycles. The highest BCUT2D eigenvalue weighted by Crippen LogP contribution is 2.32. The normalized spacial score (nSPS) is 21.8. The molecule has 6 nitrogen and oxygen atoms in total. The van der Waals surface area contributed by atoms with E-state index in [1.54, 1.807) is 24.2 Å². The third-order valence-corrected chi connectivity index (χ3v) is 4.93. The van der Waals surface area contributed by atoms with E-state index in [1.165, 1.54) is 4.90 Å². The zero-order chi connectivity index (χ0) is 18.3. The Morgan fingerprint density at radius 3 is 2.85 bits per heavy atom. The summed E-state index contributed by atoms with van der Waals surface area (Å²) in [5.74, 6) is -2.25. The van der Waals surface area contributed by atoms with Gasteiger partial charge in [-0.3, -0.25) is 9.69 Å². The largest absolute Gasteiger partial charge is 0.496 e. The van der Waals surface area contributed by atoms with Gasteiger partial charge in [0.05, 0.1) is 32.2 Å². The maximum absolute atomic E-state index is 13.2. The lowest BCUT2D eigenvalue weighted by Crippen LogP contribution is -2.61. The van der Waals surface area contributed by atoms with Gasteiger partial charge in [0.15, 0.2) is 0 Å². The summed E-state index contributed by atoms with van der Waals surface area (Å²) in [6, 6.07) is 7.19. The van der Waals surface area contributed by atoms with Crippen LogP contribution in [0.5, 0.6) is 5.75 Å². The van der Waals surface area contributed by atoms with Crippen molar-refractivity contribution in [3.8, 4) is 5.75 Å². The first-order valence-corrected chi connectivity index (χ1v) is 8.48. The number of alkyl halides is 2. The number of rotatable bonds is 4. The number of carbonyl (C=O) groups excluding carboxylic acids is 1. The van der Waals surface area contributed by atoms with Crippen molar-refractivity contribution >= 4 is 5.91 Å². The van der Waals surface area contributed by atoms with Gasteiger partial charge >= 0.3 is 0 Å². The molecule has 2 aliphatic heterocycles. The molecule has 0 radical (unpaired) electrons. The minimum absolute atomic E-state index is 0.278.